The van der Waals surface area contributed by atoms with Gasteiger partial charge in [0.25, 0.3) is 0 Å². The van der Waals surface area contributed by atoms with Crippen LogP contribution in [-0.4, -0.2) is 5.88 Å². The Labute approximate surface area is 82.7 Å². The number of hydrogen-bond donors (Lipinski definition) is 0. The van der Waals surface area contributed by atoms with Crippen molar-refractivity contribution in [3.8, 4) is 0 Å². The Kier molecular flexibility index (Phi) is 4.10. The van der Waals surface area contributed by atoms with Gasteiger partial charge in [0.2, 0.25) is 0 Å². The Bertz CT molecular complexity index is 125. The van der Waals surface area contributed by atoms with Gasteiger partial charge in [0.15, 0.2) is 0 Å². The van der Waals surface area contributed by atoms with Gasteiger partial charge in [-0.25, -0.2) is 0 Å². The Hall–Kier alpha value is 0.290. The van der Waals surface area contributed by atoms with E-state index in [1.807, 2.05) is 0 Å². The minimum Gasteiger partial charge on any atom is -0.126 e. The summed E-state index contributed by atoms with van der Waals surface area (Å²) in [5.41, 5.74) is 0.738. The van der Waals surface area contributed by atoms with Crippen LogP contribution >= 0.6 is 11.6 Å². The van der Waals surface area contributed by atoms with Crippen molar-refractivity contribution in [2.45, 2.75) is 48.0 Å². The monoisotopic (exact) mass is 190 g/mol. The van der Waals surface area contributed by atoms with Crippen molar-refractivity contribution in [1.29, 1.82) is 0 Å². The maximum absolute atomic E-state index is 5.96. The molecule has 0 N–H and O–H groups in total. The van der Waals surface area contributed by atoms with E-state index >= 15 is 0 Å². The quantitative estimate of drug-likeness (QED) is 0.569. The summed E-state index contributed by atoms with van der Waals surface area (Å²) in [4.78, 5) is 0. The van der Waals surface area contributed by atoms with Crippen LogP contribution in [0.4, 0.5) is 0 Å². The molecule has 0 amide bonds. The fourth-order valence-electron chi connectivity index (χ4n) is 1.33. The molecule has 0 nitrogen and oxygen atoms in total. The van der Waals surface area contributed by atoms with Gasteiger partial charge >= 0.3 is 0 Å². The predicted molar refractivity (Wildman–Crippen MR) is 57.7 cm³/mol. The van der Waals surface area contributed by atoms with E-state index in [1.165, 1.54) is 6.42 Å². The minimum atomic E-state index is 0.342. The van der Waals surface area contributed by atoms with Crippen molar-refractivity contribution >= 4 is 11.6 Å². The molecule has 0 aromatic heterocycles. The largest absolute Gasteiger partial charge is 0.126 e. The molecule has 0 spiro atoms. The van der Waals surface area contributed by atoms with Crippen LogP contribution < -0.4 is 0 Å². The van der Waals surface area contributed by atoms with E-state index in [-0.39, 0.29) is 0 Å². The number of rotatable bonds is 2. The molecule has 0 aromatic carbocycles. The van der Waals surface area contributed by atoms with E-state index in [2.05, 4.69) is 41.5 Å². The van der Waals surface area contributed by atoms with Crippen LogP contribution in [-0.2, 0) is 0 Å². The number of halogens is 1. The fraction of sp³-hybridized carbons (Fsp3) is 1.00. The lowest BCUT2D eigenvalue weighted by atomic mass is 9.73. The predicted octanol–water partition coefficient (Wildman–Crippen LogP) is 4.32. The van der Waals surface area contributed by atoms with Crippen LogP contribution in [0.1, 0.15) is 48.0 Å². The lowest BCUT2D eigenvalue weighted by molar-refractivity contribution is 0.185. The topological polar surface area (TPSA) is 0 Å². The molecule has 1 heteroatoms. The van der Waals surface area contributed by atoms with Crippen molar-refractivity contribution in [3.05, 3.63) is 0 Å². The van der Waals surface area contributed by atoms with Crippen LogP contribution in [0.2, 0.25) is 0 Å². The van der Waals surface area contributed by atoms with E-state index in [9.17, 15) is 0 Å². The van der Waals surface area contributed by atoms with Crippen molar-refractivity contribution in [1.82, 2.24) is 0 Å². The van der Waals surface area contributed by atoms with E-state index in [4.69, 9.17) is 11.6 Å². The van der Waals surface area contributed by atoms with Crippen molar-refractivity contribution in [2.75, 3.05) is 5.88 Å². The van der Waals surface area contributed by atoms with Gasteiger partial charge in [-0.05, 0) is 23.2 Å². The molecule has 0 bridgehead atoms. The second-order valence-electron chi connectivity index (χ2n) is 5.98. The first-order chi connectivity index (χ1) is 5.17. The minimum absolute atomic E-state index is 0.342. The lowest BCUT2D eigenvalue weighted by Gasteiger charge is -2.34. The summed E-state index contributed by atoms with van der Waals surface area (Å²) in [6.45, 7) is 13.6. The van der Waals surface area contributed by atoms with E-state index < -0.39 is 0 Å². The summed E-state index contributed by atoms with van der Waals surface area (Å²) >= 11 is 5.96. The molecule has 0 aliphatic rings. The molecule has 0 rings (SSSR count). The molecular formula is C11H23Cl. The number of hydrogen-bond acceptors (Lipinski definition) is 0. The van der Waals surface area contributed by atoms with Crippen LogP contribution in [0, 0.1) is 16.7 Å². The van der Waals surface area contributed by atoms with Crippen molar-refractivity contribution < 1.29 is 0 Å². The Morgan fingerprint density at radius 2 is 1.42 bits per heavy atom. The molecule has 0 fully saturated rings. The fourth-order valence-corrected chi connectivity index (χ4v) is 1.90. The summed E-state index contributed by atoms with van der Waals surface area (Å²) < 4.78 is 0. The SMILES string of the molecule is CC(C)(C)CC(CCl)C(C)(C)C. The van der Waals surface area contributed by atoms with Gasteiger partial charge in [-0.15, -0.1) is 11.6 Å². The van der Waals surface area contributed by atoms with Crippen LogP contribution in [0.5, 0.6) is 0 Å². The zero-order chi connectivity index (χ0) is 9.99. The lowest BCUT2D eigenvalue weighted by Crippen LogP contribution is -2.26. The molecule has 12 heavy (non-hydrogen) atoms. The van der Waals surface area contributed by atoms with Gasteiger partial charge < -0.3 is 0 Å². The third kappa shape index (κ3) is 5.03. The van der Waals surface area contributed by atoms with Gasteiger partial charge in [-0.1, -0.05) is 41.5 Å². The van der Waals surface area contributed by atoms with Gasteiger partial charge in [0, 0.05) is 5.88 Å². The average Bonchev–Trinajstić information content (AvgIpc) is 1.78. The molecule has 74 valence electrons. The molecule has 0 heterocycles. The van der Waals surface area contributed by atoms with Crippen molar-refractivity contribution in [2.24, 2.45) is 16.7 Å². The van der Waals surface area contributed by atoms with Gasteiger partial charge in [-0.3, -0.25) is 0 Å². The van der Waals surface area contributed by atoms with Gasteiger partial charge in [-0.2, -0.15) is 0 Å². The molecule has 1 unspecified atom stereocenters. The van der Waals surface area contributed by atoms with Crippen LogP contribution in [0.25, 0.3) is 0 Å². The third-order valence-electron chi connectivity index (χ3n) is 2.27. The van der Waals surface area contributed by atoms with E-state index in [0.717, 1.165) is 5.88 Å². The summed E-state index contributed by atoms with van der Waals surface area (Å²) in [7, 11) is 0. The Morgan fingerprint density at radius 3 is 1.50 bits per heavy atom. The molecule has 0 radical (unpaired) electrons. The van der Waals surface area contributed by atoms with Gasteiger partial charge in [0.05, 0.1) is 0 Å². The summed E-state index contributed by atoms with van der Waals surface area (Å²) in [5, 5.41) is 0. The number of alkyl halides is 1. The highest BCUT2D eigenvalue weighted by Gasteiger charge is 2.27. The average molecular weight is 191 g/mol. The smallest absolute Gasteiger partial charge is 0.0256 e. The Morgan fingerprint density at radius 1 is 1.00 bits per heavy atom. The van der Waals surface area contributed by atoms with E-state index in [1.54, 1.807) is 0 Å². The second-order valence-corrected chi connectivity index (χ2v) is 6.29. The molecular weight excluding hydrogens is 168 g/mol. The maximum Gasteiger partial charge on any atom is 0.0256 e. The first-order valence-corrected chi connectivity index (χ1v) is 5.26. The molecule has 0 aromatic rings. The summed E-state index contributed by atoms with van der Waals surface area (Å²) in [6.07, 6.45) is 1.21. The Balaban J connectivity index is 4.20. The van der Waals surface area contributed by atoms with Crippen LogP contribution in [0.15, 0.2) is 0 Å². The molecule has 0 saturated heterocycles. The molecule has 0 aliphatic carbocycles. The summed E-state index contributed by atoms with van der Waals surface area (Å²) in [5.74, 6) is 1.40. The van der Waals surface area contributed by atoms with Gasteiger partial charge in [0.1, 0.15) is 0 Å². The van der Waals surface area contributed by atoms with Crippen molar-refractivity contribution in [3.63, 3.8) is 0 Å². The third-order valence-corrected chi connectivity index (χ3v) is 2.64. The highest BCUT2D eigenvalue weighted by atomic mass is 35.5. The highest BCUT2D eigenvalue weighted by molar-refractivity contribution is 6.18. The zero-order valence-electron chi connectivity index (χ0n) is 9.37. The standard InChI is InChI=1S/C11H23Cl/c1-10(2,3)7-9(8-12)11(4,5)6/h9H,7-8H2,1-6H3. The highest BCUT2D eigenvalue weighted by Crippen LogP contribution is 2.36. The second kappa shape index (κ2) is 4.00. The van der Waals surface area contributed by atoms with Crippen LogP contribution in [0.3, 0.4) is 0 Å². The molecule has 0 aliphatic heterocycles. The zero-order valence-corrected chi connectivity index (χ0v) is 10.1. The normalized spacial score (nSPS) is 16.2. The molecule has 1 atom stereocenters. The molecule has 0 saturated carbocycles. The first kappa shape index (κ1) is 12.3. The first-order valence-electron chi connectivity index (χ1n) is 4.73. The maximum atomic E-state index is 5.96. The van der Waals surface area contributed by atoms with E-state index in [0.29, 0.717) is 16.7 Å². The summed E-state index contributed by atoms with van der Waals surface area (Å²) in [6, 6.07) is 0.